The minimum Gasteiger partial charge on any atom is -0.485 e. The molecule has 0 radical (unpaired) electrons. The van der Waals surface area contributed by atoms with Gasteiger partial charge in [-0.05, 0) is 29.8 Å². The van der Waals surface area contributed by atoms with E-state index in [0.29, 0.717) is 42.7 Å². The molecule has 30 heavy (non-hydrogen) atoms. The van der Waals surface area contributed by atoms with Gasteiger partial charge in [0.1, 0.15) is 6.61 Å². The number of aromatic nitrogens is 2. The number of nitrogens with one attached hydrogen (secondary N) is 1. The molecule has 7 nitrogen and oxygen atoms in total. The number of hydrogen-bond acceptors (Lipinski definition) is 5. The molecule has 0 unspecified atom stereocenters. The fourth-order valence-electron chi connectivity index (χ4n) is 3.75. The Balaban J connectivity index is 1.20. The van der Waals surface area contributed by atoms with Gasteiger partial charge in [0.15, 0.2) is 17.3 Å². The van der Waals surface area contributed by atoms with Gasteiger partial charge in [-0.15, -0.1) is 0 Å². The molecule has 2 aliphatic rings. The van der Waals surface area contributed by atoms with Crippen molar-refractivity contribution in [3.63, 3.8) is 0 Å². The van der Waals surface area contributed by atoms with Crippen LogP contribution >= 0.6 is 11.6 Å². The molecule has 0 saturated carbocycles. The van der Waals surface area contributed by atoms with E-state index in [-0.39, 0.29) is 12.5 Å². The summed E-state index contributed by atoms with van der Waals surface area (Å²) in [7, 11) is 0. The van der Waals surface area contributed by atoms with Crippen LogP contribution in [-0.2, 0) is 4.79 Å². The Morgan fingerprint density at radius 2 is 1.77 bits per heavy atom. The minimum absolute atomic E-state index is 0.0342. The van der Waals surface area contributed by atoms with Crippen molar-refractivity contribution in [1.82, 2.24) is 15.1 Å². The number of aromatic amines is 1. The molecule has 1 atom stereocenters. The van der Waals surface area contributed by atoms with Gasteiger partial charge < -0.3 is 19.3 Å². The molecule has 0 aliphatic carbocycles. The summed E-state index contributed by atoms with van der Waals surface area (Å²) in [5.41, 5.74) is 1.97. The van der Waals surface area contributed by atoms with Crippen molar-refractivity contribution in [2.24, 2.45) is 0 Å². The van der Waals surface area contributed by atoms with Gasteiger partial charge >= 0.3 is 0 Å². The fourth-order valence-corrected chi connectivity index (χ4v) is 3.88. The zero-order valence-corrected chi connectivity index (χ0v) is 17.0. The summed E-state index contributed by atoms with van der Waals surface area (Å²) < 4.78 is 11.5. The van der Waals surface area contributed by atoms with E-state index < -0.39 is 6.10 Å². The van der Waals surface area contributed by atoms with E-state index in [1.807, 2.05) is 59.5 Å². The van der Waals surface area contributed by atoms with Gasteiger partial charge in [0.2, 0.25) is 6.10 Å². The maximum absolute atomic E-state index is 12.9. The molecule has 3 heterocycles. The Kier molecular flexibility index (Phi) is 4.96. The van der Waals surface area contributed by atoms with Crippen molar-refractivity contribution in [1.29, 1.82) is 0 Å². The van der Waals surface area contributed by atoms with Gasteiger partial charge in [-0.3, -0.25) is 9.89 Å². The van der Waals surface area contributed by atoms with E-state index >= 15 is 0 Å². The predicted octanol–water partition coefficient (Wildman–Crippen LogP) is 3.22. The normalized spacial score (nSPS) is 18.4. The lowest BCUT2D eigenvalue weighted by Gasteiger charge is -2.37. The fraction of sp³-hybridized carbons (Fsp3) is 0.273. The highest BCUT2D eigenvalue weighted by molar-refractivity contribution is 6.30. The van der Waals surface area contributed by atoms with Crippen LogP contribution in [0.25, 0.3) is 11.3 Å². The van der Waals surface area contributed by atoms with Crippen LogP contribution in [0.15, 0.2) is 54.6 Å². The summed E-state index contributed by atoms with van der Waals surface area (Å²) in [6.45, 7) is 2.88. The number of nitrogens with zero attached hydrogens (tertiary/aromatic N) is 3. The number of H-pyrrole nitrogens is 1. The number of halogens is 1. The summed E-state index contributed by atoms with van der Waals surface area (Å²) >= 11 is 5.96. The summed E-state index contributed by atoms with van der Waals surface area (Å²) in [4.78, 5) is 16.9. The number of benzene rings is 2. The molecule has 1 amide bonds. The SMILES string of the molecule is O=C([C@@H]1COc2ccccc2O1)N1CCN(c2cc(-c3ccc(Cl)cc3)[nH]n2)CC1. The second kappa shape index (κ2) is 7.91. The topological polar surface area (TPSA) is 70.7 Å². The van der Waals surface area contributed by atoms with Crippen LogP contribution in [0, 0.1) is 0 Å². The molecule has 2 aromatic carbocycles. The molecule has 154 valence electrons. The summed E-state index contributed by atoms with van der Waals surface area (Å²) in [6, 6.07) is 17.1. The van der Waals surface area contributed by atoms with Gasteiger partial charge in [0.25, 0.3) is 5.91 Å². The average molecular weight is 425 g/mol. The van der Waals surface area contributed by atoms with E-state index in [1.54, 1.807) is 0 Å². The molecule has 8 heteroatoms. The maximum Gasteiger partial charge on any atom is 0.267 e. The molecule has 1 saturated heterocycles. The molecule has 3 aromatic rings. The van der Waals surface area contributed by atoms with Gasteiger partial charge in [-0.2, -0.15) is 5.10 Å². The smallest absolute Gasteiger partial charge is 0.267 e. The lowest BCUT2D eigenvalue weighted by atomic mass is 10.1. The van der Waals surface area contributed by atoms with Gasteiger partial charge in [-0.1, -0.05) is 35.9 Å². The van der Waals surface area contributed by atoms with Gasteiger partial charge in [-0.25, -0.2) is 0 Å². The molecule has 0 spiro atoms. The standard InChI is InChI=1S/C22H21ClN4O3/c23-16-7-5-15(6-8-16)17-13-21(25-24-17)26-9-11-27(12-10-26)22(28)20-14-29-18-3-1-2-4-19(18)30-20/h1-8,13,20H,9-12,14H2,(H,24,25)/t20-/m0/s1. The molecular formula is C22H21ClN4O3. The third-order valence-corrected chi connectivity index (χ3v) is 5.67. The molecule has 1 aromatic heterocycles. The Hall–Kier alpha value is -3.19. The van der Waals surface area contributed by atoms with Crippen LogP contribution in [0.2, 0.25) is 5.02 Å². The number of rotatable bonds is 3. The van der Waals surface area contributed by atoms with E-state index in [4.69, 9.17) is 21.1 Å². The van der Waals surface area contributed by atoms with Crippen LogP contribution in [0.1, 0.15) is 0 Å². The van der Waals surface area contributed by atoms with Gasteiger partial charge in [0.05, 0.1) is 5.69 Å². The number of piperazine rings is 1. The lowest BCUT2D eigenvalue weighted by molar-refractivity contribution is -0.141. The minimum atomic E-state index is -0.603. The number of amides is 1. The number of carbonyl (C=O) groups excluding carboxylic acids is 1. The maximum atomic E-state index is 12.9. The third kappa shape index (κ3) is 3.68. The molecule has 1 fully saturated rings. The Morgan fingerprint density at radius 1 is 1.03 bits per heavy atom. The number of hydrogen-bond donors (Lipinski definition) is 1. The lowest BCUT2D eigenvalue weighted by Crippen LogP contribution is -2.54. The van der Waals surface area contributed by atoms with E-state index in [0.717, 1.165) is 17.1 Å². The number of fused-ring (bicyclic) bond motifs is 1. The zero-order valence-electron chi connectivity index (χ0n) is 16.3. The van der Waals surface area contributed by atoms with Crippen molar-refractivity contribution < 1.29 is 14.3 Å². The van der Waals surface area contributed by atoms with Crippen LogP contribution < -0.4 is 14.4 Å². The average Bonchev–Trinajstić information content (AvgIpc) is 3.29. The van der Waals surface area contributed by atoms with Crippen molar-refractivity contribution in [3.05, 3.63) is 59.6 Å². The molecule has 2 aliphatic heterocycles. The van der Waals surface area contributed by atoms with E-state index in [2.05, 4.69) is 15.1 Å². The molecule has 0 bridgehead atoms. The van der Waals surface area contributed by atoms with Crippen molar-refractivity contribution >= 4 is 23.3 Å². The highest BCUT2D eigenvalue weighted by Gasteiger charge is 2.33. The second-order valence-electron chi connectivity index (χ2n) is 7.32. The van der Waals surface area contributed by atoms with Crippen LogP contribution in [0.4, 0.5) is 5.82 Å². The highest BCUT2D eigenvalue weighted by Crippen LogP contribution is 2.31. The highest BCUT2D eigenvalue weighted by atomic mass is 35.5. The van der Waals surface area contributed by atoms with Crippen LogP contribution in [0.5, 0.6) is 11.5 Å². The van der Waals surface area contributed by atoms with Crippen LogP contribution in [0.3, 0.4) is 0 Å². The number of ether oxygens (including phenoxy) is 2. The van der Waals surface area contributed by atoms with Crippen LogP contribution in [-0.4, -0.2) is 59.9 Å². The van der Waals surface area contributed by atoms with Crippen molar-refractivity contribution in [3.8, 4) is 22.8 Å². The first-order chi connectivity index (χ1) is 14.7. The molecular weight excluding hydrogens is 404 g/mol. The van der Waals surface area contributed by atoms with E-state index in [1.165, 1.54) is 0 Å². The quantitative estimate of drug-likeness (QED) is 0.699. The first-order valence-electron chi connectivity index (χ1n) is 9.91. The first-order valence-corrected chi connectivity index (χ1v) is 10.3. The van der Waals surface area contributed by atoms with Crippen molar-refractivity contribution in [2.75, 3.05) is 37.7 Å². The zero-order chi connectivity index (χ0) is 20.5. The van der Waals surface area contributed by atoms with E-state index in [9.17, 15) is 4.79 Å². The largest absolute Gasteiger partial charge is 0.485 e. The number of carbonyl (C=O) groups is 1. The predicted molar refractivity (Wildman–Crippen MR) is 114 cm³/mol. The van der Waals surface area contributed by atoms with Crippen molar-refractivity contribution in [2.45, 2.75) is 6.10 Å². The monoisotopic (exact) mass is 424 g/mol. The summed E-state index contributed by atoms with van der Waals surface area (Å²) in [5, 5.41) is 8.23. The first kappa shape index (κ1) is 18.8. The Bertz CT molecular complexity index is 1040. The third-order valence-electron chi connectivity index (χ3n) is 5.42. The Labute approximate surface area is 179 Å². The number of anilines is 1. The molecule has 1 N–H and O–H groups in total. The number of para-hydroxylation sites is 2. The second-order valence-corrected chi connectivity index (χ2v) is 7.76. The van der Waals surface area contributed by atoms with Gasteiger partial charge in [0, 0.05) is 37.3 Å². The Morgan fingerprint density at radius 3 is 2.53 bits per heavy atom. The summed E-state index contributed by atoms with van der Waals surface area (Å²) in [5.74, 6) is 2.14. The summed E-state index contributed by atoms with van der Waals surface area (Å²) in [6.07, 6.45) is -0.603. The molecule has 5 rings (SSSR count).